The number of carbonyl (C=O) groups is 2. The van der Waals surface area contributed by atoms with Crippen LogP contribution in [-0.4, -0.2) is 77.3 Å². The molecule has 0 radical (unpaired) electrons. The molecule has 1 saturated carbocycles. The predicted octanol–water partition coefficient (Wildman–Crippen LogP) is 2.96. The molecule has 2 unspecified atom stereocenters. The first-order valence-electron chi connectivity index (χ1n) is 13.1. The number of hydrogen-bond donors (Lipinski definition) is 1. The summed E-state index contributed by atoms with van der Waals surface area (Å²) in [7, 11) is 0. The van der Waals surface area contributed by atoms with E-state index in [4.69, 9.17) is 0 Å². The van der Waals surface area contributed by atoms with Crippen molar-refractivity contribution in [1.82, 2.24) is 19.5 Å². The Bertz CT molecular complexity index is 1120. The molecule has 1 aliphatic carbocycles. The molecule has 2 aromatic rings. The van der Waals surface area contributed by atoms with Gasteiger partial charge in [0.2, 0.25) is 5.91 Å². The molecule has 1 aromatic carbocycles. The van der Waals surface area contributed by atoms with Gasteiger partial charge in [0, 0.05) is 49.2 Å². The van der Waals surface area contributed by atoms with Gasteiger partial charge < -0.3 is 20.0 Å². The highest BCUT2D eigenvalue weighted by atomic mass is 32.1. The van der Waals surface area contributed by atoms with Crippen molar-refractivity contribution in [3.8, 4) is 0 Å². The lowest BCUT2D eigenvalue weighted by atomic mass is 9.84. The Morgan fingerprint density at radius 1 is 0.971 bits per heavy atom. The van der Waals surface area contributed by atoms with Crippen molar-refractivity contribution in [2.45, 2.75) is 50.6 Å². The molecular weight excluding hydrogens is 446 g/mol. The van der Waals surface area contributed by atoms with E-state index in [0.29, 0.717) is 35.4 Å². The maximum atomic E-state index is 13.1. The minimum absolute atomic E-state index is 0.0285. The summed E-state index contributed by atoms with van der Waals surface area (Å²) in [4.78, 5) is 33.0. The summed E-state index contributed by atoms with van der Waals surface area (Å²) < 4.78 is 5.64. The van der Waals surface area contributed by atoms with Crippen LogP contribution in [0.25, 0.3) is 10.1 Å². The number of piperidine rings is 4. The third-order valence-corrected chi connectivity index (χ3v) is 9.81. The number of likely N-dealkylation sites (tertiary alicyclic amines) is 1. The van der Waals surface area contributed by atoms with E-state index in [9.17, 15) is 9.59 Å². The summed E-state index contributed by atoms with van der Waals surface area (Å²) in [6.45, 7) is 6.17. The van der Waals surface area contributed by atoms with Gasteiger partial charge in [0.15, 0.2) is 0 Å². The molecule has 1 aromatic heterocycles. The van der Waals surface area contributed by atoms with E-state index < -0.39 is 0 Å². The molecule has 6 heterocycles. The second kappa shape index (κ2) is 8.19. The second-order valence-electron chi connectivity index (χ2n) is 11.1. The number of aromatic nitrogens is 1. The first-order valence-corrected chi connectivity index (χ1v) is 13.9. The van der Waals surface area contributed by atoms with Gasteiger partial charge in [-0.2, -0.15) is 4.37 Å². The summed E-state index contributed by atoms with van der Waals surface area (Å²) in [6, 6.07) is 7.02. The van der Waals surface area contributed by atoms with Crippen molar-refractivity contribution in [3.05, 3.63) is 23.9 Å². The molecule has 34 heavy (non-hydrogen) atoms. The number of rotatable bonds is 4. The van der Waals surface area contributed by atoms with Crippen LogP contribution in [0, 0.1) is 17.8 Å². The van der Waals surface area contributed by atoms with Crippen molar-refractivity contribution in [2.75, 3.05) is 44.2 Å². The molecule has 5 aliphatic heterocycles. The van der Waals surface area contributed by atoms with Crippen LogP contribution >= 0.6 is 11.5 Å². The van der Waals surface area contributed by atoms with Gasteiger partial charge in [-0.05, 0) is 93.2 Å². The standard InChI is InChI=1S/C26H33N5O2S/c32-25(27-21-14-29-10-7-16(21)8-11-29)24-20-6-5-19(12-23(20)34-28-24)30-13-18-2-1-9-31(22(18)15-30)26(33)17-3-4-17/h5-6,12,16-18,21-22H,1-4,7-11,13-15H2,(H,27,32)/t18?,21-,22?/m1/s1. The van der Waals surface area contributed by atoms with E-state index >= 15 is 0 Å². The molecule has 3 atom stereocenters. The first kappa shape index (κ1) is 21.1. The minimum atomic E-state index is -0.0285. The summed E-state index contributed by atoms with van der Waals surface area (Å²) in [5.41, 5.74) is 1.76. The van der Waals surface area contributed by atoms with Crippen molar-refractivity contribution in [3.63, 3.8) is 0 Å². The zero-order valence-corrected chi connectivity index (χ0v) is 20.4. The van der Waals surface area contributed by atoms with E-state index in [1.807, 2.05) is 0 Å². The molecule has 6 aliphatic rings. The van der Waals surface area contributed by atoms with Gasteiger partial charge in [-0.15, -0.1) is 0 Å². The van der Waals surface area contributed by atoms with Crippen LogP contribution in [-0.2, 0) is 4.79 Å². The third-order valence-electron chi connectivity index (χ3n) is 9.00. The summed E-state index contributed by atoms with van der Waals surface area (Å²) in [5.74, 6) is 1.84. The molecule has 2 amide bonds. The molecule has 8 rings (SSSR count). The van der Waals surface area contributed by atoms with Gasteiger partial charge in [0.25, 0.3) is 5.91 Å². The highest BCUT2D eigenvalue weighted by Gasteiger charge is 2.44. The Labute approximate surface area is 204 Å². The first-order chi connectivity index (χ1) is 16.6. The maximum Gasteiger partial charge on any atom is 0.271 e. The number of nitrogens with zero attached hydrogens (tertiary/aromatic N) is 4. The highest BCUT2D eigenvalue weighted by molar-refractivity contribution is 7.13. The Balaban J connectivity index is 1.07. The summed E-state index contributed by atoms with van der Waals surface area (Å²) >= 11 is 1.42. The van der Waals surface area contributed by atoms with Crippen LogP contribution in [0.15, 0.2) is 18.2 Å². The Morgan fingerprint density at radius 3 is 2.59 bits per heavy atom. The summed E-state index contributed by atoms with van der Waals surface area (Å²) in [6.07, 6.45) is 6.87. The third kappa shape index (κ3) is 3.61. The molecule has 2 bridgehead atoms. The monoisotopic (exact) mass is 479 g/mol. The molecular formula is C26H33N5O2S. The lowest BCUT2D eigenvalue weighted by molar-refractivity contribution is -0.136. The number of anilines is 1. The van der Waals surface area contributed by atoms with Crippen molar-refractivity contribution in [1.29, 1.82) is 0 Å². The van der Waals surface area contributed by atoms with Gasteiger partial charge in [-0.3, -0.25) is 9.59 Å². The van der Waals surface area contributed by atoms with Crippen LogP contribution in [0.2, 0.25) is 0 Å². The van der Waals surface area contributed by atoms with Gasteiger partial charge in [0.1, 0.15) is 5.69 Å². The van der Waals surface area contributed by atoms with E-state index in [2.05, 4.69) is 42.6 Å². The van der Waals surface area contributed by atoms with Crippen molar-refractivity contribution in [2.24, 2.45) is 17.8 Å². The SMILES string of the molecule is O=C(N[C@@H]1CN2CCC1CC2)c1nsc2cc(N3CC4CCCN(C(=O)C5CC5)C4C3)ccc12. The molecule has 7 nitrogen and oxygen atoms in total. The number of hydrogen-bond acceptors (Lipinski definition) is 6. The summed E-state index contributed by atoms with van der Waals surface area (Å²) in [5, 5.41) is 4.25. The number of amides is 2. The Kier molecular flexibility index (Phi) is 5.09. The van der Waals surface area contributed by atoms with Gasteiger partial charge in [-0.1, -0.05) is 0 Å². The lowest BCUT2D eigenvalue weighted by Crippen LogP contribution is -2.57. The van der Waals surface area contributed by atoms with Crippen LogP contribution in [0.3, 0.4) is 0 Å². The molecule has 180 valence electrons. The van der Waals surface area contributed by atoms with Crippen LogP contribution in [0.1, 0.15) is 49.0 Å². The number of benzene rings is 1. The van der Waals surface area contributed by atoms with Gasteiger partial charge in [-0.25, -0.2) is 0 Å². The van der Waals surface area contributed by atoms with Gasteiger partial charge >= 0.3 is 0 Å². The van der Waals surface area contributed by atoms with Crippen molar-refractivity contribution >= 4 is 39.1 Å². The Hall–Kier alpha value is -2.19. The molecule has 6 fully saturated rings. The Morgan fingerprint density at radius 2 is 1.82 bits per heavy atom. The van der Waals surface area contributed by atoms with E-state index in [-0.39, 0.29) is 11.9 Å². The quantitative estimate of drug-likeness (QED) is 0.730. The normalized spacial score (nSPS) is 32.8. The van der Waals surface area contributed by atoms with Crippen LogP contribution in [0.4, 0.5) is 5.69 Å². The largest absolute Gasteiger partial charge is 0.369 e. The number of nitrogens with one attached hydrogen (secondary N) is 1. The second-order valence-corrected chi connectivity index (χ2v) is 11.9. The fourth-order valence-corrected chi connectivity index (χ4v) is 7.69. The highest BCUT2D eigenvalue weighted by Crippen LogP contribution is 2.39. The minimum Gasteiger partial charge on any atom is -0.369 e. The van der Waals surface area contributed by atoms with Crippen molar-refractivity contribution < 1.29 is 9.59 Å². The smallest absolute Gasteiger partial charge is 0.271 e. The fourth-order valence-electron chi connectivity index (χ4n) is 6.88. The van der Waals surface area contributed by atoms with Gasteiger partial charge in [0.05, 0.1) is 10.7 Å². The molecule has 1 N–H and O–H groups in total. The zero-order valence-electron chi connectivity index (χ0n) is 19.6. The average molecular weight is 480 g/mol. The van der Waals surface area contributed by atoms with E-state index in [1.54, 1.807) is 0 Å². The topological polar surface area (TPSA) is 68.8 Å². The zero-order chi connectivity index (χ0) is 22.8. The number of fused-ring (bicyclic) bond motifs is 5. The average Bonchev–Trinajstić information content (AvgIpc) is 3.48. The number of carbonyl (C=O) groups excluding carboxylic acids is 2. The van der Waals surface area contributed by atoms with Crippen LogP contribution < -0.4 is 10.2 Å². The van der Waals surface area contributed by atoms with E-state index in [1.165, 1.54) is 49.6 Å². The fraction of sp³-hybridized carbons (Fsp3) is 0.654. The maximum absolute atomic E-state index is 13.1. The van der Waals surface area contributed by atoms with E-state index in [0.717, 1.165) is 55.5 Å². The molecule has 0 spiro atoms. The molecule has 5 saturated heterocycles. The van der Waals surface area contributed by atoms with Crippen LogP contribution in [0.5, 0.6) is 0 Å². The lowest BCUT2D eigenvalue weighted by Gasteiger charge is -2.44. The predicted molar refractivity (Wildman–Crippen MR) is 133 cm³/mol. The molecule has 8 heteroatoms.